The Bertz CT molecular complexity index is 1740. The third kappa shape index (κ3) is 8.50. The van der Waals surface area contributed by atoms with E-state index in [-0.39, 0.29) is 38.7 Å². The third-order valence-corrected chi connectivity index (χ3v) is 6.73. The Morgan fingerprint density at radius 1 is 0.956 bits per heavy atom. The SMILES string of the molecule is Cc1ccc(Cn2c(-c3ccc(Oc4ccc(NC(=O)OCCOCCO)cc4)cc3)cc(C(F)(F)F)c(C#N)c2=O)c(C)c1. The van der Waals surface area contributed by atoms with Gasteiger partial charge in [-0.2, -0.15) is 18.4 Å². The number of nitrogens with zero attached hydrogens (tertiary/aromatic N) is 2. The summed E-state index contributed by atoms with van der Waals surface area (Å²) < 4.78 is 58.8. The Balaban J connectivity index is 1.55. The Morgan fingerprint density at radius 3 is 2.22 bits per heavy atom. The van der Waals surface area contributed by atoms with E-state index in [1.807, 2.05) is 26.0 Å². The zero-order valence-corrected chi connectivity index (χ0v) is 24.5. The quantitative estimate of drug-likeness (QED) is 0.185. The molecule has 0 atom stereocenters. The van der Waals surface area contributed by atoms with Gasteiger partial charge in [0.25, 0.3) is 5.56 Å². The summed E-state index contributed by atoms with van der Waals surface area (Å²) in [4.78, 5) is 25.2. The molecular weight excluding hydrogens is 591 g/mol. The summed E-state index contributed by atoms with van der Waals surface area (Å²) in [6, 6.07) is 20.4. The molecule has 0 radical (unpaired) electrons. The van der Waals surface area contributed by atoms with Crippen LogP contribution in [-0.4, -0.2) is 42.2 Å². The minimum absolute atomic E-state index is 0.000114. The van der Waals surface area contributed by atoms with E-state index in [1.165, 1.54) is 22.8 Å². The van der Waals surface area contributed by atoms with Crippen LogP contribution in [0.2, 0.25) is 0 Å². The molecule has 4 aromatic rings. The molecule has 234 valence electrons. The van der Waals surface area contributed by atoms with Crippen molar-refractivity contribution in [3.63, 3.8) is 0 Å². The molecule has 9 nitrogen and oxygen atoms in total. The van der Waals surface area contributed by atoms with Gasteiger partial charge in [0.05, 0.1) is 37.6 Å². The van der Waals surface area contributed by atoms with Crippen LogP contribution >= 0.6 is 0 Å². The highest BCUT2D eigenvalue weighted by Gasteiger charge is 2.36. The fourth-order valence-electron chi connectivity index (χ4n) is 4.52. The average molecular weight is 622 g/mol. The van der Waals surface area contributed by atoms with Crippen LogP contribution in [0, 0.1) is 25.2 Å². The van der Waals surface area contributed by atoms with Gasteiger partial charge in [0.1, 0.15) is 29.7 Å². The zero-order chi connectivity index (χ0) is 32.6. The number of aliphatic hydroxyl groups is 1. The van der Waals surface area contributed by atoms with Crippen molar-refractivity contribution >= 4 is 11.8 Å². The number of halogens is 3. The molecule has 0 saturated carbocycles. The number of benzene rings is 3. The molecule has 0 aliphatic rings. The molecule has 4 rings (SSSR count). The molecule has 12 heteroatoms. The smallest absolute Gasteiger partial charge is 0.417 e. The van der Waals surface area contributed by atoms with E-state index in [0.29, 0.717) is 22.7 Å². The Labute approximate surface area is 257 Å². The lowest BCUT2D eigenvalue weighted by Gasteiger charge is -2.19. The molecular formula is C33H30F3N3O6. The Morgan fingerprint density at radius 2 is 1.62 bits per heavy atom. The van der Waals surface area contributed by atoms with Crippen LogP contribution in [0.25, 0.3) is 11.3 Å². The molecule has 1 amide bonds. The monoisotopic (exact) mass is 621 g/mol. The van der Waals surface area contributed by atoms with E-state index in [4.69, 9.17) is 19.3 Å². The first-order valence-electron chi connectivity index (χ1n) is 13.8. The Hall–Kier alpha value is -5.12. The molecule has 0 saturated heterocycles. The number of aliphatic hydroxyl groups excluding tert-OH is 1. The molecule has 0 bridgehead atoms. The van der Waals surface area contributed by atoms with Gasteiger partial charge in [0.15, 0.2) is 0 Å². The van der Waals surface area contributed by atoms with Crippen LogP contribution in [0.1, 0.15) is 27.8 Å². The highest BCUT2D eigenvalue weighted by Crippen LogP contribution is 2.34. The maximum atomic E-state index is 13.9. The van der Waals surface area contributed by atoms with Crippen LogP contribution in [0.3, 0.4) is 0 Å². The number of carbonyl (C=O) groups excluding carboxylic acids is 1. The summed E-state index contributed by atoms with van der Waals surface area (Å²) in [6.07, 6.45) is -5.59. The van der Waals surface area contributed by atoms with E-state index in [2.05, 4.69) is 5.32 Å². The lowest BCUT2D eigenvalue weighted by Crippen LogP contribution is -2.29. The normalized spacial score (nSPS) is 11.1. The molecule has 1 aromatic heterocycles. The van der Waals surface area contributed by atoms with Crippen molar-refractivity contribution in [3.8, 4) is 28.8 Å². The second kappa shape index (κ2) is 14.6. The minimum Gasteiger partial charge on any atom is -0.457 e. The molecule has 0 fully saturated rings. The van der Waals surface area contributed by atoms with Crippen molar-refractivity contribution in [1.82, 2.24) is 4.57 Å². The largest absolute Gasteiger partial charge is 0.457 e. The summed E-state index contributed by atoms with van der Waals surface area (Å²) in [5, 5.41) is 20.7. The van der Waals surface area contributed by atoms with E-state index >= 15 is 0 Å². The van der Waals surface area contributed by atoms with Crippen molar-refractivity contribution in [2.45, 2.75) is 26.6 Å². The molecule has 45 heavy (non-hydrogen) atoms. The number of amides is 1. The number of nitrogens with one attached hydrogen (secondary N) is 1. The first kappa shape index (κ1) is 32.8. The van der Waals surface area contributed by atoms with Crippen LogP contribution < -0.4 is 15.6 Å². The van der Waals surface area contributed by atoms with E-state index in [9.17, 15) is 28.0 Å². The zero-order valence-electron chi connectivity index (χ0n) is 24.5. The van der Waals surface area contributed by atoms with Gasteiger partial charge in [-0.3, -0.25) is 10.1 Å². The van der Waals surface area contributed by atoms with Gasteiger partial charge in [-0.25, -0.2) is 4.79 Å². The first-order chi connectivity index (χ1) is 21.5. The predicted molar refractivity (Wildman–Crippen MR) is 160 cm³/mol. The summed E-state index contributed by atoms with van der Waals surface area (Å²) >= 11 is 0. The molecule has 3 aromatic carbocycles. The van der Waals surface area contributed by atoms with E-state index in [0.717, 1.165) is 22.8 Å². The number of hydrogen-bond donors (Lipinski definition) is 2. The lowest BCUT2D eigenvalue weighted by molar-refractivity contribution is -0.137. The van der Waals surface area contributed by atoms with Crippen LogP contribution in [0.4, 0.5) is 23.7 Å². The standard InChI is InChI=1S/C33H30F3N3O6/c1-21-3-4-24(22(2)17-21)20-39-30(18-29(33(34,35)36)28(19-37)31(39)41)23-5-9-26(10-6-23)45-27-11-7-25(8-12-27)38-32(42)44-16-15-43-14-13-40/h3-12,17-18,40H,13-16,20H2,1-2H3,(H,38,42). The predicted octanol–water partition coefficient (Wildman–Crippen LogP) is 6.42. The third-order valence-electron chi connectivity index (χ3n) is 6.73. The molecule has 1 heterocycles. The number of aryl methyl sites for hydroxylation is 2. The second-order valence-corrected chi connectivity index (χ2v) is 10.00. The molecule has 0 aliphatic heterocycles. The van der Waals surface area contributed by atoms with Crippen LogP contribution in [-0.2, 0) is 22.2 Å². The number of nitriles is 1. The number of alkyl halides is 3. The summed E-state index contributed by atoms with van der Waals surface area (Å²) in [6.45, 7) is 3.92. The van der Waals surface area contributed by atoms with Crippen molar-refractivity contribution in [2.75, 3.05) is 31.7 Å². The van der Waals surface area contributed by atoms with Gasteiger partial charge in [0.2, 0.25) is 0 Å². The van der Waals surface area contributed by atoms with Gasteiger partial charge >= 0.3 is 12.3 Å². The summed E-state index contributed by atoms with van der Waals surface area (Å²) in [7, 11) is 0. The van der Waals surface area contributed by atoms with Gasteiger partial charge in [0, 0.05) is 5.69 Å². The van der Waals surface area contributed by atoms with Crippen molar-refractivity contribution in [2.24, 2.45) is 0 Å². The molecule has 0 spiro atoms. The van der Waals surface area contributed by atoms with Crippen molar-refractivity contribution in [1.29, 1.82) is 5.26 Å². The second-order valence-electron chi connectivity index (χ2n) is 10.00. The maximum Gasteiger partial charge on any atom is 0.417 e. The number of carbonyl (C=O) groups is 1. The summed E-state index contributed by atoms with van der Waals surface area (Å²) in [5.41, 5.74) is 0.0537. The van der Waals surface area contributed by atoms with Crippen LogP contribution in [0.5, 0.6) is 11.5 Å². The fraction of sp³-hybridized carbons (Fsp3) is 0.242. The van der Waals surface area contributed by atoms with Crippen LogP contribution in [0.15, 0.2) is 77.6 Å². The maximum absolute atomic E-state index is 13.9. The highest BCUT2D eigenvalue weighted by atomic mass is 19.4. The number of pyridine rings is 1. The van der Waals surface area contributed by atoms with Gasteiger partial charge < -0.3 is 23.9 Å². The average Bonchev–Trinajstić information content (AvgIpc) is 3.00. The number of ether oxygens (including phenoxy) is 3. The number of rotatable bonds is 11. The van der Waals surface area contributed by atoms with Crippen molar-refractivity contribution < 1.29 is 37.3 Å². The highest BCUT2D eigenvalue weighted by molar-refractivity contribution is 5.84. The Kier molecular flexibility index (Phi) is 10.6. The fourth-order valence-corrected chi connectivity index (χ4v) is 4.52. The topological polar surface area (TPSA) is 123 Å². The van der Waals surface area contributed by atoms with E-state index < -0.39 is 29.0 Å². The number of aromatic nitrogens is 1. The molecule has 0 aliphatic carbocycles. The molecule has 2 N–H and O–H groups in total. The van der Waals surface area contributed by atoms with Gasteiger partial charge in [-0.15, -0.1) is 0 Å². The number of hydrogen-bond acceptors (Lipinski definition) is 7. The summed E-state index contributed by atoms with van der Waals surface area (Å²) in [5.74, 6) is 0.790. The van der Waals surface area contributed by atoms with Gasteiger partial charge in [-0.05, 0) is 85.1 Å². The molecule has 0 unspecified atom stereocenters. The van der Waals surface area contributed by atoms with Gasteiger partial charge in [-0.1, -0.05) is 23.8 Å². The first-order valence-corrected chi connectivity index (χ1v) is 13.8. The number of anilines is 1. The minimum atomic E-state index is -4.91. The van der Waals surface area contributed by atoms with Crippen molar-refractivity contribution in [3.05, 3.63) is 111 Å². The lowest BCUT2D eigenvalue weighted by atomic mass is 10.0. The van der Waals surface area contributed by atoms with E-state index in [1.54, 1.807) is 42.5 Å².